The number of aliphatic carboxylic acids is 2. The lowest BCUT2D eigenvalue weighted by Gasteiger charge is -2.13. The van der Waals surface area contributed by atoms with Crippen molar-refractivity contribution in [2.75, 3.05) is 0 Å². The maximum Gasteiger partial charge on any atom is 0.333 e. The van der Waals surface area contributed by atoms with Gasteiger partial charge in [0.05, 0.1) is 5.92 Å². The predicted octanol–water partition coefficient (Wildman–Crippen LogP) is -0.888. The predicted molar refractivity (Wildman–Crippen MR) is 40.1 cm³/mol. The van der Waals surface area contributed by atoms with Gasteiger partial charge in [-0.25, -0.2) is 4.79 Å². The van der Waals surface area contributed by atoms with Crippen LogP contribution in [0.5, 0.6) is 0 Å². The molecular weight excluding hydrogens is 180 g/mol. The van der Waals surface area contributed by atoms with Crippen LogP contribution in [-0.2, 0) is 14.4 Å². The summed E-state index contributed by atoms with van der Waals surface area (Å²) in [5.41, 5.74) is 0. The van der Waals surface area contributed by atoms with E-state index < -0.39 is 24.0 Å². The first-order valence-corrected chi connectivity index (χ1v) is 3.58. The summed E-state index contributed by atoms with van der Waals surface area (Å²) in [6.07, 6.45) is -1.74. The van der Waals surface area contributed by atoms with Crippen LogP contribution >= 0.6 is 0 Å². The van der Waals surface area contributed by atoms with E-state index in [-0.39, 0.29) is 12.8 Å². The van der Waals surface area contributed by atoms with Crippen molar-refractivity contribution in [3.63, 3.8) is 0 Å². The second-order valence-corrected chi connectivity index (χ2v) is 2.47. The van der Waals surface area contributed by atoms with Crippen molar-refractivity contribution in [3.8, 4) is 0 Å². The second-order valence-electron chi connectivity index (χ2n) is 2.47. The third-order valence-corrected chi connectivity index (χ3v) is 1.55. The van der Waals surface area contributed by atoms with Crippen molar-refractivity contribution >= 4 is 18.2 Å². The molecule has 13 heavy (non-hydrogen) atoms. The fraction of sp³-hybridized carbons (Fsp3) is 0.571. The maximum absolute atomic E-state index is 10.4. The van der Waals surface area contributed by atoms with Crippen molar-refractivity contribution in [3.05, 3.63) is 0 Å². The average Bonchev–Trinajstić information content (AvgIpc) is 2.04. The van der Waals surface area contributed by atoms with Crippen LogP contribution in [0.15, 0.2) is 0 Å². The molecule has 0 fully saturated rings. The topological polar surface area (TPSA) is 112 Å². The van der Waals surface area contributed by atoms with E-state index in [2.05, 4.69) is 0 Å². The Morgan fingerprint density at radius 1 is 1.23 bits per heavy atom. The lowest BCUT2D eigenvalue weighted by molar-refractivity contribution is -0.159. The molecule has 0 aliphatic carbocycles. The first-order chi connectivity index (χ1) is 6.00. The number of aliphatic hydroxyl groups excluding tert-OH is 1. The molecule has 0 aromatic carbocycles. The SMILES string of the molecule is O=CCC[C@H](C(=O)O)[C@@H](O)C(=O)O. The zero-order chi connectivity index (χ0) is 10.4. The summed E-state index contributed by atoms with van der Waals surface area (Å²) in [5, 5.41) is 25.7. The Balaban J connectivity index is 4.31. The van der Waals surface area contributed by atoms with Crippen LogP contribution in [0.4, 0.5) is 0 Å². The molecule has 0 radical (unpaired) electrons. The van der Waals surface area contributed by atoms with E-state index in [1.807, 2.05) is 0 Å². The zero-order valence-corrected chi connectivity index (χ0v) is 6.71. The fourth-order valence-electron chi connectivity index (χ4n) is 0.836. The van der Waals surface area contributed by atoms with Gasteiger partial charge in [0.15, 0.2) is 6.10 Å². The first-order valence-electron chi connectivity index (χ1n) is 3.58. The largest absolute Gasteiger partial charge is 0.481 e. The number of aldehydes is 1. The fourth-order valence-corrected chi connectivity index (χ4v) is 0.836. The van der Waals surface area contributed by atoms with Gasteiger partial charge in [0.25, 0.3) is 0 Å². The highest BCUT2D eigenvalue weighted by Gasteiger charge is 2.31. The van der Waals surface area contributed by atoms with Gasteiger partial charge in [0.2, 0.25) is 0 Å². The van der Waals surface area contributed by atoms with E-state index in [4.69, 9.17) is 15.3 Å². The summed E-state index contributed by atoms with van der Waals surface area (Å²) in [6.45, 7) is 0. The van der Waals surface area contributed by atoms with Gasteiger partial charge in [0.1, 0.15) is 6.29 Å². The van der Waals surface area contributed by atoms with Crippen molar-refractivity contribution in [2.45, 2.75) is 18.9 Å². The molecule has 0 bridgehead atoms. The molecule has 6 heteroatoms. The molecule has 0 heterocycles. The zero-order valence-electron chi connectivity index (χ0n) is 6.71. The van der Waals surface area contributed by atoms with Crippen LogP contribution < -0.4 is 0 Å². The minimum absolute atomic E-state index is 0.0820. The summed E-state index contributed by atoms with van der Waals surface area (Å²) in [5.74, 6) is -4.45. The molecule has 3 N–H and O–H groups in total. The third-order valence-electron chi connectivity index (χ3n) is 1.55. The van der Waals surface area contributed by atoms with E-state index in [1.165, 1.54) is 0 Å². The van der Waals surface area contributed by atoms with Crippen LogP contribution in [-0.4, -0.2) is 39.6 Å². The highest BCUT2D eigenvalue weighted by atomic mass is 16.4. The molecule has 0 saturated carbocycles. The van der Waals surface area contributed by atoms with E-state index in [0.29, 0.717) is 6.29 Å². The molecule has 6 nitrogen and oxygen atoms in total. The lowest BCUT2D eigenvalue weighted by Crippen LogP contribution is -2.34. The minimum atomic E-state index is -1.96. The van der Waals surface area contributed by atoms with Crippen LogP contribution in [0.1, 0.15) is 12.8 Å². The van der Waals surface area contributed by atoms with Crippen LogP contribution in [0.2, 0.25) is 0 Å². The van der Waals surface area contributed by atoms with Gasteiger partial charge >= 0.3 is 11.9 Å². The molecule has 0 aliphatic heterocycles. The van der Waals surface area contributed by atoms with Crippen LogP contribution in [0.3, 0.4) is 0 Å². The number of carbonyl (C=O) groups is 3. The van der Waals surface area contributed by atoms with Crippen LogP contribution in [0.25, 0.3) is 0 Å². The number of hydrogen-bond acceptors (Lipinski definition) is 4. The Labute approximate surface area is 73.8 Å². The first kappa shape index (κ1) is 11.6. The molecule has 0 aromatic rings. The average molecular weight is 190 g/mol. The van der Waals surface area contributed by atoms with Crippen molar-refractivity contribution in [1.29, 1.82) is 0 Å². The highest BCUT2D eigenvalue weighted by Crippen LogP contribution is 2.11. The van der Waals surface area contributed by atoms with Crippen molar-refractivity contribution < 1.29 is 29.7 Å². The number of carbonyl (C=O) groups excluding carboxylic acids is 1. The molecule has 0 amide bonds. The van der Waals surface area contributed by atoms with E-state index in [0.717, 1.165) is 0 Å². The van der Waals surface area contributed by atoms with Crippen molar-refractivity contribution in [1.82, 2.24) is 0 Å². The molecule has 0 spiro atoms. The minimum Gasteiger partial charge on any atom is -0.481 e. The van der Waals surface area contributed by atoms with Crippen molar-refractivity contribution in [2.24, 2.45) is 5.92 Å². The molecule has 2 atom stereocenters. The van der Waals surface area contributed by atoms with Gasteiger partial charge in [-0.2, -0.15) is 0 Å². The Morgan fingerprint density at radius 2 is 1.77 bits per heavy atom. The Bertz CT molecular complexity index is 211. The Morgan fingerprint density at radius 3 is 2.08 bits per heavy atom. The smallest absolute Gasteiger partial charge is 0.333 e. The molecular formula is C7H10O6. The molecule has 0 rings (SSSR count). The van der Waals surface area contributed by atoms with Gasteiger partial charge in [-0.3, -0.25) is 4.79 Å². The summed E-state index contributed by atoms with van der Waals surface area (Å²) in [7, 11) is 0. The van der Waals surface area contributed by atoms with Gasteiger partial charge < -0.3 is 20.1 Å². The quantitative estimate of drug-likeness (QED) is 0.468. The van der Waals surface area contributed by atoms with E-state index in [9.17, 15) is 14.4 Å². The summed E-state index contributed by atoms with van der Waals surface area (Å²) >= 11 is 0. The number of rotatable bonds is 6. The summed E-state index contributed by atoms with van der Waals surface area (Å²) in [6, 6.07) is 0. The van der Waals surface area contributed by atoms with Gasteiger partial charge in [-0.05, 0) is 6.42 Å². The number of carboxylic acid groups (broad SMARTS) is 2. The molecule has 74 valence electrons. The number of aliphatic hydroxyl groups is 1. The summed E-state index contributed by atoms with van der Waals surface area (Å²) < 4.78 is 0. The number of carboxylic acids is 2. The van der Waals surface area contributed by atoms with Gasteiger partial charge in [0, 0.05) is 6.42 Å². The summed E-state index contributed by atoms with van der Waals surface area (Å²) in [4.78, 5) is 30.5. The molecule has 0 unspecified atom stereocenters. The normalized spacial score (nSPS) is 14.5. The maximum atomic E-state index is 10.4. The third kappa shape index (κ3) is 3.66. The Kier molecular flexibility index (Phi) is 4.68. The lowest BCUT2D eigenvalue weighted by atomic mass is 9.97. The Hall–Kier alpha value is -1.43. The highest BCUT2D eigenvalue weighted by molar-refractivity contribution is 5.81. The van der Waals surface area contributed by atoms with Gasteiger partial charge in [-0.15, -0.1) is 0 Å². The molecule has 0 saturated heterocycles. The van der Waals surface area contributed by atoms with E-state index in [1.54, 1.807) is 0 Å². The standard InChI is InChI=1S/C7H10O6/c8-3-1-2-4(6(10)11)5(9)7(12)13/h3-5,9H,1-2H2,(H,10,11)(H,12,13)/t4-,5+/m0/s1. The van der Waals surface area contributed by atoms with E-state index >= 15 is 0 Å². The van der Waals surface area contributed by atoms with Crippen LogP contribution in [0, 0.1) is 5.92 Å². The number of hydrogen-bond donors (Lipinski definition) is 3. The molecule has 0 aliphatic rings. The molecule has 0 aromatic heterocycles. The monoisotopic (exact) mass is 190 g/mol. The second kappa shape index (κ2) is 5.26. The van der Waals surface area contributed by atoms with Gasteiger partial charge in [-0.1, -0.05) is 0 Å².